The molecule has 1 aromatic heterocycles. The molecule has 116 valence electrons. The third-order valence-corrected chi connectivity index (χ3v) is 4.26. The molecule has 1 amide bonds. The number of hydrogen-bond donors (Lipinski definition) is 1. The predicted molar refractivity (Wildman–Crippen MR) is 70.1 cm³/mol. The first-order chi connectivity index (χ1) is 9.75. The van der Waals surface area contributed by atoms with Crippen molar-refractivity contribution in [2.75, 3.05) is 18.1 Å². The highest BCUT2D eigenvalue weighted by Gasteiger charge is 2.41. The van der Waals surface area contributed by atoms with Gasteiger partial charge in [0.15, 0.2) is 5.82 Å². The summed E-state index contributed by atoms with van der Waals surface area (Å²) in [7, 11) is -4.83. The van der Waals surface area contributed by atoms with Crippen LogP contribution < -0.4 is 4.90 Å². The number of aromatic nitrogens is 2. The van der Waals surface area contributed by atoms with Crippen molar-refractivity contribution in [3.63, 3.8) is 0 Å². The Hall–Kier alpha value is -1.97. The minimum atomic E-state index is -4.83. The second kappa shape index (κ2) is 5.43. The molecule has 0 aliphatic carbocycles. The number of aromatic amines is 1. The van der Waals surface area contributed by atoms with Gasteiger partial charge in [0.05, 0.1) is 6.61 Å². The average molecular weight is 319 g/mol. The number of esters is 1. The lowest BCUT2D eigenvalue weighted by atomic mass is 10.2. The molecule has 0 saturated carbocycles. The number of hydrogen-bond acceptors (Lipinski definition) is 6. The Morgan fingerprint density at radius 1 is 1.57 bits per heavy atom. The average Bonchev–Trinajstić information content (AvgIpc) is 2.92. The first kappa shape index (κ1) is 15.4. The van der Waals surface area contributed by atoms with Crippen LogP contribution >= 0.6 is 0 Å². The van der Waals surface area contributed by atoms with Crippen molar-refractivity contribution in [1.82, 2.24) is 10.2 Å². The molecule has 1 saturated heterocycles. The third-order valence-electron chi connectivity index (χ3n) is 3.15. The van der Waals surface area contributed by atoms with Gasteiger partial charge in [-0.3, -0.25) is 14.8 Å². The molecule has 0 spiro atoms. The molecule has 10 heteroatoms. The fraction of sp³-hybridized carbons (Fsp3) is 0.545. The summed E-state index contributed by atoms with van der Waals surface area (Å²) in [5, 5.41) is 4.92. The van der Waals surface area contributed by atoms with Gasteiger partial charge in [0.2, 0.25) is 5.91 Å². The first-order valence-corrected chi connectivity index (χ1v) is 7.66. The Morgan fingerprint density at radius 3 is 2.76 bits per heavy atom. The van der Waals surface area contributed by atoms with E-state index >= 15 is 0 Å². The van der Waals surface area contributed by atoms with E-state index in [0.29, 0.717) is 5.69 Å². The Kier molecular flexibility index (Phi) is 3.99. The zero-order chi connectivity index (χ0) is 15.8. The van der Waals surface area contributed by atoms with Gasteiger partial charge in [0.25, 0.3) is 0 Å². The maximum absolute atomic E-state index is 13.0. The topological polar surface area (TPSA) is 109 Å². The third kappa shape index (κ3) is 2.89. The van der Waals surface area contributed by atoms with E-state index in [-0.39, 0.29) is 24.5 Å². The quantitative estimate of drug-likeness (QED) is 0.631. The fourth-order valence-electron chi connectivity index (χ4n) is 2.13. The van der Waals surface area contributed by atoms with E-state index in [0.717, 1.165) is 4.90 Å². The van der Waals surface area contributed by atoms with Crippen LogP contribution in [0.5, 0.6) is 0 Å². The molecule has 21 heavy (non-hydrogen) atoms. The van der Waals surface area contributed by atoms with Crippen LogP contribution in [0.2, 0.25) is 0 Å². The SMILES string of the molecule is CCOC(=O)c1c(N2CC(S(=O)(=O)F)CC2=O)n[nH]c1C. The minimum Gasteiger partial charge on any atom is -0.462 e. The molecule has 0 aromatic carbocycles. The molecule has 2 rings (SSSR count). The molecule has 0 bridgehead atoms. The number of carbonyl (C=O) groups is 2. The highest BCUT2D eigenvalue weighted by Crippen LogP contribution is 2.28. The molecule has 1 atom stereocenters. The van der Waals surface area contributed by atoms with Gasteiger partial charge in [-0.15, -0.1) is 3.89 Å². The van der Waals surface area contributed by atoms with Gasteiger partial charge in [-0.1, -0.05) is 0 Å². The van der Waals surface area contributed by atoms with Crippen LogP contribution in [-0.2, 0) is 19.8 Å². The lowest BCUT2D eigenvalue weighted by molar-refractivity contribution is -0.117. The number of nitrogens with one attached hydrogen (secondary N) is 1. The summed E-state index contributed by atoms with van der Waals surface area (Å²) in [5.74, 6) is -1.33. The lowest BCUT2D eigenvalue weighted by Gasteiger charge is -2.14. The maximum atomic E-state index is 13.0. The van der Waals surface area contributed by atoms with E-state index in [1.165, 1.54) is 0 Å². The van der Waals surface area contributed by atoms with Crippen molar-refractivity contribution < 1.29 is 26.6 Å². The van der Waals surface area contributed by atoms with Crippen molar-refractivity contribution in [3.8, 4) is 0 Å². The summed E-state index contributed by atoms with van der Waals surface area (Å²) >= 11 is 0. The van der Waals surface area contributed by atoms with Crippen LogP contribution in [-0.4, -0.2) is 48.9 Å². The molecule has 1 aliphatic rings. The van der Waals surface area contributed by atoms with E-state index in [1.807, 2.05) is 0 Å². The number of carbonyl (C=O) groups excluding carboxylic acids is 2. The van der Waals surface area contributed by atoms with Crippen LogP contribution in [0.1, 0.15) is 29.4 Å². The molecule has 0 radical (unpaired) electrons. The zero-order valence-electron chi connectivity index (χ0n) is 11.4. The number of halogens is 1. The molecule has 2 heterocycles. The van der Waals surface area contributed by atoms with Gasteiger partial charge < -0.3 is 4.74 Å². The van der Waals surface area contributed by atoms with Crippen LogP contribution in [0.4, 0.5) is 9.70 Å². The number of H-pyrrole nitrogens is 1. The van der Waals surface area contributed by atoms with Crippen molar-refractivity contribution in [3.05, 3.63) is 11.3 Å². The highest BCUT2D eigenvalue weighted by atomic mass is 32.3. The summed E-state index contributed by atoms with van der Waals surface area (Å²) < 4.78 is 39.7. The van der Waals surface area contributed by atoms with E-state index in [2.05, 4.69) is 10.2 Å². The van der Waals surface area contributed by atoms with Gasteiger partial charge >= 0.3 is 16.2 Å². The summed E-state index contributed by atoms with van der Waals surface area (Å²) in [6.07, 6.45) is -0.479. The summed E-state index contributed by atoms with van der Waals surface area (Å²) in [6.45, 7) is 2.94. The summed E-state index contributed by atoms with van der Waals surface area (Å²) in [6, 6.07) is 0. The van der Waals surface area contributed by atoms with Crippen LogP contribution in [0, 0.1) is 6.92 Å². The van der Waals surface area contributed by atoms with Crippen LogP contribution in [0.25, 0.3) is 0 Å². The van der Waals surface area contributed by atoms with E-state index in [1.54, 1.807) is 13.8 Å². The molecule has 1 fully saturated rings. The van der Waals surface area contributed by atoms with E-state index in [9.17, 15) is 21.9 Å². The zero-order valence-corrected chi connectivity index (χ0v) is 12.2. The highest BCUT2D eigenvalue weighted by molar-refractivity contribution is 7.87. The number of aryl methyl sites for hydroxylation is 1. The molecular formula is C11H14FN3O5S. The Labute approximate surface area is 120 Å². The molecule has 1 unspecified atom stereocenters. The van der Waals surface area contributed by atoms with Gasteiger partial charge in [0.1, 0.15) is 10.8 Å². The predicted octanol–water partition coefficient (Wildman–Crippen LogP) is 0.299. The van der Waals surface area contributed by atoms with E-state index in [4.69, 9.17) is 4.74 Å². The number of amides is 1. The Morgan fingerprint density at radius 2 is 2.24 bits per heavy atom. The maximum Gasteiger partial charge on any atom is 0.343 e. The second-order valence-corrected chi connectivity index (χ2v) is 6.19. The number of ether oxygens (including phenoxy) is 1. The standard InChI is InChI=1S/C11H14FN3O5S/c1-3-20-11(17)9-6(2)13-14-10(9)15-5-7(4-8(15)16)21(12,18)19/h7H,3-5H2,1-2H3,(H,13,14). The molecule has 1 aromatic rings. The normalized spacial score (nSPS) is 19.1. The van der Waals surface area contributed by atoms with Gasteiger partial charge in [-0.25, -0.2) is 4.79 Å². The Balaban J connectivity index is 2.36. The van der Waals surface area contributed by atoms with Crippen molar-refractivity contribution in [2.45, 2.75) is 25.5 Å². The van der Waals surface area contributed by atoms with Gasteiger partial charge in [-0.05, 0) is 13.8 Å². The summed E-state index contributed by atoms with van der Waals surface area (Å²) in [4.78, 5) is 24.7. The number of anilines is 1. The second-order valence-electron chi connectivity index (χ2n) is 4.57. The van der Waals surface area contributed by atoms with Crippen molar-refractivity contribution in [2.24, 2.45) is 0 Å². The smallest absolute Gasteiger partial charge is 0.343 e. The largest absolute Gasteiger partial charge is 0.462 e. The molecule has 8 nitrogen and oxygen atoms in total. The minimum absolute atomic E-state index is 0.0397. The van der Waals surface area contributed by atoms with Crippen molar-refractivity contribution in [1.29, 1.82) is 0 Å². The van der Waals surface area contributed by atoms with Gasteiger partial charge in [-0.2, -0.15) is 13.5 Å². The number of rotatable bonds is 4. The Bertz CT molecular complexity index is 684. The summed E-state index contributed by atoms with van der Waals surface area (Å²) in [5.41, 5.74) is 0.421. The molecule has 1 N–H and O–H groups in total. The van der Waals surface area contributed by atoms with Crippen molar-refractivity contribution >= 4 is 27.9 Å². The fourth-order valence-corrected chi connectivity index (χ4v) is 2.80. The van der Waals surface area contributed by atoms with Gasteiger partial charge in [0, 0.05) is 18.7 Å². The molecule has 1 aliphatic heterocycles. The lowest BCUT2D eigenvalue weighted by Crippen LogP contribution is -2.29. The van der Waals surface area contributed by atoms with E-state index < -0.39 is 33.8 Å². The van der Waals surface area contributed by atoms with Crippen LogP contribution in [0.15, 0.2) is 0 Å². The monoisotopic (exact) mass is 319 g/mol. The number of nitrogens with zero attached hydrogens (tertiary/aromatic N) is 2. The van der Waals surface area contributed by atoms with Crippen LogP contribution in [0.3, 0.4) is 0 Å². The first-order valence-electron chi connectivity index (χ1n) is 6.21. The molecular weight excluding hydrogens is 305 g/mol.